The van der Waals surface area contributed by atoms with Crippen molar-refractivity contribution in [2.24, 2.45) is 5.92 Å². The van der Waals surface area contributed by atoms with Gasteiger partial charge in [-0.05, 0) is 12.8 Å². The van der Waals surface area contributed by atoms with Crippen molar-refractivity contribution in [2.75, 3.05) is 33.0 Å². The first-order valence-electron chi connectivity index (χ1n) is 8.00. The van der Waals surface area contributed by atoms with Gasteiger partial charge < -0.3 is 14.2 Å². The van der Waals surface area contributed by atoms with Gasteiger partial charge in [-0.25, -0.2) is 0 Å². The lowest BCUT2D eigenvalue weighted by Crippen LogP contribution is -2.19. The summed E-state index contributed by atoms with van der Waals surface area (Å²) >= 11 is 0. The molecule has 0 atom stereocenters. The Morgan fingerprint density at radius 3 is 2.20 bits per heavy atom. The van der Waals surface area contributed by atoms with E-state index in [4.69, 9.17) is 14.2 Å². The van der Waals surface area contributed by atoms with E-state index in [1.54, 1.807) is 0 Å². The molecule has 4 heteroatoms. The molecule has 1 saturated carbocycles. The number of ether oxygens (including phenoxy) is 3. The van der Waals surface area contributed by atoms with Crippen molar-refractivity contribution in [3.8, 4) is 0 Å². The predicted molar refractivity (Wildman–Crippen MR) is 78.9 cm³/mol. The molecule has 0 bridgehead atoms. The monoisotopic (exact) mass is 286 g/mol. The average Bonchev–Trinajstić information content (AvgIpc) is 2.46. The van der Waals surface area contributed by atoms with E-state index in [2.05, 4.69) is 0 Å². The van der Waals surface area contributed by atoms with Crippen LogP contribution in [0.1, 0.15) is 52.4 Å². The summed E-state index contributed by atoms with van der Waals surface area (Å²) in [4.78, 5) is 11.3. The van der Waals surface area contributed by atoms with E-state index in [1.807, 2.05) is 13.8 Å². The number of rotatable bonds is 11. The van der Waals surface area contributed by atoms with E-state index in [9.17, 15) is 4.79 Å². The summed E-state index contributed by atoms with van der Waals surface area (Å²) in [5, 5.41) is 0. The van der Waals surface area contributed by atoms with Crippen molar-refractivity contribution >= 4 is 5.78 Å². The van der Waals surface area contributed by atoms with Gasteiger partial charge in [0.05, 0.1) is 39.1 Å². The molecular weight excluding hydrogens is 256 g/mol. The molecule has 0 spiro atoms. The normalized spacial score (nSPS) is 16.8. The number of Topliss-reactive ketones (excluding diaryl/α,β-unsaturated/α-hetero) is 1. The zero-order valence-corrected chi connectivity index (χ0v) is 13.1. The molecule has 1 fully saturated rings. The molecule has 0 aromatic carbocycles. The summed E-state index contributed by atoms with van der Waals surface area (Å²) in [6.45, 7) is 6.76. The molecular formula is C16H30O4. The lowest BCUT2D eigenvalue weighted by atomic mass is 9.98. The first-order valence-corrected chi connectivity index (χ1v) is 8.00. The maximum Gasteiger partial charge on any atom is 0.137 e. The Hall–Kier alpha value is -0.450. The van der Waals surface area contributed by atoms with Crippen LogP contribution in [0, 0.1) is 5.92 Å². The Balaban J connectivity index is 1.79. The fourth-order valence-electron chi connectivity index (χ4n) is 2.29. The van der Waals surface area contributed by atoms with Crippen LogP contribution in [0.2, 0.25) is 0 Å². The van der Waals surface area contributed by atoms with Gasteiger partial charge in [0.2, 0.25) is 0 Å². The standard InChI is InChI=1S/C16H30O4/c1-14(2)16(17)8-9-18-10-11-19-12-13-20-15-6-4-3-5-7-15/h14-15H,3-13H2,1-2H3. The van der Waals surface area contributed by atoms with E-state index < -0.39 is 0 Å². The molecule has 1 aliphatic rings. The molecule has 0 unspecified atom stereocenters. The van der Waals surface area contributed by atoms with Gasteiger partial charge in [0.15, 0.2) is 0 Å². The molecule has 0 saturated heterocycles. The SMILES string of the molecule is CC(C)C(=O)CCOCCOCCOC1CCCCC1. The molecule has 1 aliphatic carbocycles. The van der Waals surface area contributed by atoms with Gasteiger partial charge in [-0.1, -0.05) is 33.1 Å². The zero-order chi connectivity index (χ0) is 14.6. The van der Waals surface area contributed by atoms with E-state index in [1.165, 1.54) is 32.1 Å². The molecule has 0 aromatic heterocycles. The van der Waals surface area contributed by atoms with Crippen LogP contribution in [0.5, 0.6) is 0 Å². The quantitative estimate of drug-likeness (QED) is 0.548. The number of hydrogen-bond acceptors (Lipinski definition) is 4. The Labute approximate surface area is 123 Å². The minimum Gasteiger partial charge on any atom is -0.379 e. The van der Waals surface area contributed by atoms with E-state index in [0.717, 1.165) is 0 Å². The van der Waals surface area contributed by atoms with Crippen LogP contribution in [-0.4, -0.2) is 44.9 Å². The van der Waals surface area contributed by atoms with Crippen LogP contribution < -0.4 is 0 Å². The average molecular weight is 286 g/mol. The van der Waals surface area contributed by atoms with Crippen LogP contribution in [0.25, 0.3) is 0 Å². The number of hydrogen-bond donors (Lipinski definition) is 0. The second-order valence-electron chi connectivity index (χ2n) is 5.73. The van der Waals surface area contributed by atoms with Gasteiger partial charge in [-0.2, -0.15) is 0 Å². The number of carbonyl (C=O) groups excluding carboxylic acids is 1. The summed E-state index contributed by atoms with van der Waals surface area (Å²) < 4.78 is 16.6. The highest BCUT2D eigenvalue weighted by Gasteiger charge is 2.12. The molecule has 0 heterocycles. The second-order valence-corrected chi connectivity index (χ2v) is 5.73. The Bertz CT molecular complexity index is 247. The molecule has 0 amide bonds. The Morgan fingerprint density at radius 1 is 0.950 bits per heavy atom. The summed E-state index contributed by atoms with van der Waals surface area (Å²) in [7, 11) is 0. The number of ketones is 1. The zero-order valence-electron chi connectivity index (χ0n) is 13.1. The fourth-order valence-corrected chi connectivity index (χ4v) is 2.29. The maximum absolute atomic E-state index is 11.3. The fraction of sp³-hybridized carbons (Fsp3) is 0.938. The maximum atomic E-state index is 11.3. The molecule has 20 heavy (non-hydrogen) atoms. The van der Waals surface area contributed by atoms with Crippen molar-refractivity contribution < 1.29 is 19.0 Å². The Kier molecular flexibility index (Phi) is 9.89. The summed E-state index contributed by atoms with van der Waals surface area (Å²) in [6, 6.07) is 0. The minimum absolute atomic E-state index is 0.104. The topological polar surface area (TPSA) is 44.8 Å². The van der Waals surface area contributed by atoms with Gasteiger partial charge in [-0.15, -0.1) is 0 Å². The lowest BCUT2D eigenvalue weighted by molar-refractivity contribution is -0.123. The van der Waals surface area contributed by atoms with Crippen molar-refractivity contribution in [3.63, 3.8) is 0 Å². The largest absolute Gasteiger partial charge is 0.379 e. The second kappa shape index (κ2) is 11.2. The van der Waals surface area contributed by atoms with Crippen LogP contribution in [0.4, 0.5) is 0 Å². The summed E-state index contributed by atoms with van der Waals surface area (Å²) in [5.41, 5.74) is 0. The third-order valence-corrected chi connectivity index (χ3v) is 3.64. The van der Waals surface area contributed by atoms with Gasteiger partial charge in [0, 0.05) is 12.3 Å². The van der Waals surface area contributed by atoms with Gasteiger partial charge in [0.25, 0.3) is 0 Å². The van der Waals surface area contributed by atoms with E-state index in [-0.39, 0.29) is 11.7 Å². The summed E-state index contributed by atoms with van der Waals surface area (Å²) in [5.74, 6) is 0.360. The van der Waals surface area contributed by atoms with E-state index in [0.29, 0.717) is 45.6 Å². The van der Waals surface area contributed by atoms with E-state index >= 15 is 0 Å². The van der Waals surface area contributed by atoms with Crippen LogP contribution in [0.3, 0.4) is 0 Å². The third kappa shape index (κ3) is 8.67. The van der Waals surface area contributed by atoms with Crippen LogP contribution in [-0.2, 0) is 19.0 Å². The molecule has 0 radical (unpaired) electrons. The van der Waals surface area contributed by atoms with Crippen molar-refractivity contribution in [1.29, 1.82) is 0 Å². The highest BCUT2D eigenvalue weighted by molar-refractivity contribution is 5.80. The molecule has 0 aliphatic heterocycles. The first kappa shape index (κ1) is 17.6. The van der Waals surface area contributed by atoms with Crippen molar-refractivity contribution in [3.05, 3.63) is 0 Å². The van der Waals surface area contributed by atoms with Gasteiger partial charge in [0.1, 0.15) is 5.78 Å². The van der Waals surface area contributed by atoms with Crippen LogP contribution >= 0.6 is 0 Å². The van der Waals surface area contributed by atoms with Crippen molar-refractivity contribution in [1.82, 2.24) is 0 Å². The van der Waals surface area contributed by atoms with Crippen LogP contribution in [0.15, 0.2) is 0 Å². The Morgan fingerprint density at radius 2 is 1.55 bits per heavy atom. The molecule has 0 N–H and O–H groups in total. The first-order chi connectivity index (χ1) is 9.70. The highest BCUT2D eigenvalue weighted by Crippen LogP contribution is 2.19. The molecule has 118 valence electrons. The predicted octanol–water partition coefficient (Wildman–Crippen LogP) is 2.98. The van der Waals surface area contributed by atoms with Gasteiger partial charge in [-0.3, -0.25) is 4.79 Å². The highest BCUT2D eigenvalue weighted by atomic mass is 16.5. The lowest BCUT2D eigenvalue weighted by Gasteiger charge is -2.21. The number of carbonyl (C=O) groups is 1. The van der Waals surface area contributed by atoms with Gasteiger partial charge >= 0.3 is 0 Å². The molecule has 0 aromatic rings. The van der Waals surface area contributed by atoms with Crippen molar-refractivity contribution in [2.45, 2.75) is 58.5 Å². The third-order valence-electron chi connectivity index (χ3n) is 3.64. The molecule has 4 nitrogen and oxygen atoms in total. The smallest absolute Gasteiger partial charge is 0.137 e. The minimum atomic E-state index is 0.104. The summed E-state index contributed by atoms with van der Waals surface area (Å²) in [6.07, 6.45) is 7.31. The molecule has 1 rings (SSSR count).